The Balaban J connectivity index is 2.12. The zero-order valence-corrected chi connectivity index (χ0v) is 10.2. The summed E-state index contributed by atoms with van der Waals surface area (Å²) in [6.45, 7) is 0. The summed E-state index contributed by atoms with van der Waals surface area (Å²) in [7, 11) is 0. The summed E-state index contributed by atoms with van der Waals surface area (Å²) in [4.78, 5) is 11.0. The standard InChI is InChI=1S/C12H19ClO3/c13-11(14)16-12(15,9-5-1-2-6-9)10-7-3-4-8-10/h9-10,15H,1-8H2. The van der Waals surface area contributed by atoms with Gasteiger partial charge in [-0.2, -0.15) is 0 Å². The van der Waals surface area contributed by atoms with E-state index in [9.17, 15) is 9.90 Å². The minimum absolute atomic E-state index is 0.0818. The number of aliphatic hydroxyl groups is 1. The van der Waals surface area contributed by atoms with Gasteiger partial charge in [-0.25, -0.2) is 4.79 Å². The molecule has 0 aliphatic heterocycles. The topological polar surface area (TPSA) is 46.5 Å². The molecule has 0 heterocycles. The number of hydrogen-bond donors (Lipinski definition) is 1. The zero-order valence-electron chi connectivity index (χ0n) is 9.45. The summed E-state index contributed by atoms with van der Waals surface area (Å²) < 4.78 is 5.09. The van der Waals surface area contributed by atoms with Gasteiger partial charge in [0.2, 0.25) is 5.79 Å². The summed E-state index contributed by atoms with van der Waals surface area (Å²) in [6, 6.07) is 0. The average Bonchev–Trinajstić information content (AvgIpc) is 2.91. The van der Waals surface area contributed by atoms with Gasteiger partial charge in [-0.15, -0.1) is 0 Å². The lowest BCUT2D eigenvalue weighted by molar-refractivity contribution is -0.227. The third kappa shape index (κ3) is 2.35. The number of ether oxygens (including phenoxy) is 1. The highest BCUT2D eigenvalue weighted by molar-refractivity contribution is 6.61. The maximum atomic E-state index is 11.0. The average molecular weight is 247 g/mol. The molecule has 0 aromatic heterocycles. The second-order valence-corrected chi connectivity index (χ2v) is 5.36. The lowest BCUT2D eigenvalue weighted by atomic mass is 9.84. The summed E-state index contributed by atoms with van der Waals surface area (Å²) >= 11 is 5.30. The lowest BCUT2D eigenvalue weighted by Crippen LogP contribution is -2.46. The molecular formula is C12H19ClO3. The number of halogens is 1. The van der Waals surface area contributed by atoms with E-state index in [4.69, 9.17) is 16.3 Å². The summed E-state index contributed by atoms with van der Waals surface area (Å²) in [5.41, 5.74) is -0.874. The Bertz CT molecular complexity index is 239. The second-order valence-electron chi connectivity index (χ2n) is 5.05. The van der Waals surface area contributed by atoms with E-state index in [0.29, 0.717) is 0 Å². The predicted octanol–water partition coefficient (Wildman–Crippen LogP) is 3.43. The van der Waals surface area contributed by atoms with Gasteiger partial charge in [0.15, 0.2) is 0 Å². The third-order valence-electron chi connectivity index (χ3n) is 4.12. The van der Waals surface area contributed by atoms with Crippen molar-refractivity contribution in [2.75, 3.05) is 0 Å². The molecule has 0 spiro atoms. The molecule has 2 rings (SSSR count). The van der Waals surface area contributed by atoms with E-state index in [1.165, 1.54) is 0 Å². The van der Waals surface area contributed by atoms with Crippen LogP contribution in [-0.2, 0) is 4.74 Å². The Labute approximate surface area is 101 Å². The maximum absolute atomic E-state index is 11.0. The van der Waals surface area contributed by atoms with Crippen LogP contribution < -0.4 is 0 Å². The van der Waals surface area contributed by atoms with Crippen molar-refractivity contribution in [2.45, 2.75) is 57.2 Å². The van der Waals surface area contributed by atoms with Crippen molar-refractivity contribution < 1.29 is 14.6 Å². The molecule has 92 valence electrons. The SMILES string of the molecule is O=C(Cl)OC(O)(C1CCCC1)C1CCCC1. The van der Waals surface area contributed by atoms with Gasteiger partial charge in [0.1, 0.15) is 0 Å². The fourth-order valence-electron chi connectivity index (χ4n) is 3.31. The highest BCUT2D eigenvalue weighted by Crippen LogP contribution is 2.45. The Hall–Kier alpha value is -0.280. The van der Waals surface area contributed by atoms with E-state index in [2.05, 4.69) is 0 Å². The fraction of sp³-hybridized carbons (Fsp3) is 0.917. The van der Waals surface area contributed by atoms with Crippen LogP contribution in [0.3, 0.4) is 0 Å². The molecule has 0 aromatic carbocycles. The molecular weight excluding hydrogens is 228 g/mol. The quantitative estimate of drug-likeness (QED) is 0.613. The molecule has 0 aromatic rings. The first kappa shape index (κ1) is 12.2. The van der Waals surface area contributed by atoms with Gasteiger partial charge in [0.25, 0.3) is 0 Å². The smallest absolute Gasteiger partial charge is 0.406 e. The summed E-state index contributed by atoms with van der Waals surface area (Å²) in [5, 5.41) is 10.7. The molecule has 0 atom stereocenters. The molecule has 2 fully saturated rings. The van der Waals surface area contributed by atoms with Crippen LogP contribution in [0.5, 0.6) is 0 Å². The van der Waals surface area contributed by atoms with E-state index in [-0.39, 0.29) is 11.8 Å². The molecule has 2 aliphatic carbocycles. The van der Waals surface area contributed by atoms with Gasteiger partial charge in [-0.05, 0) is 25.7 Å². The first-order valence-electron chi connectivity index (χ1n) is 6.24. The van der Waals surface area contributed by atoms with Crippen LogP contribution in [0.15, 0.2) is 0 Å². The van der Waals surface area contributed by atoms with Crippen molar-refractivity contribution in [3.05, 3.63) is 0 Å². The number of carbonyl (C=O) groups excluding carboxylic acids is 1. The first-order valence-corrected chi connectivity index (χ1v) is 6.61. The third-order valence-corrected chi connectivity index (χ3v) is 4.20. The summed E-state index contributed by atoms with van der Waals surface area (Å²) in [6.07, 6.45) is 8.21. The van der Waals surface area contributed by atoms with Crippen LogP contribution in [-0.4, -0.2) is 16.3 Å². The van der Waals surface area contributed by atoms with Crippen molar-refractivity contribution in [3.8, 4) is 0 Å². The van der Waals surface area contributed by atoms with Crippen molar-refractivity contribution in [1.29, 1.82) is 0 Å². The first-order chi connectivity index (χ1) is 7.63. The maximum Gasteiger partial charge on any atom is 0.406 e. The Kier molecular flexibility index (Phi) is 3.75. The Morgan fingerprint density at radius 2 is 1.44 bits per heavy atom. The van der Waals surface area contributed by atoms with Crippen molar-refractivity contribution >= 4 is 17.0 Å². The Morgan fingerprint density at radius 1 is 1.06 bits per heavy atom. The fourth-order valence-corrected chi connectivity index (χ4v) is 3.43. The molecule has 0 bridgehead atoms. The Morgan fingerprint density at radius 3 is 1.75 bits per heavy atom. The van der Waals surface area contributed by atoms with Crippen LogP contribution in [0.1, 0.15) is 51.4 Å². The highest BCUT2D eigenvalue weighted by Gasteiger charge is 2.48. The number of hydrogen-bond acceptors (Lipinski definition) is 3. The molecule has 1 N–H and O–H groups in total. The molecule has 0 saturated heterocycles. The van der Waals surface area contributed by atoms with Crippen LogP contribution in [0.2, 0.25) is 0 Å². The summed E-state index contributed by atoms with van der Waals surface area (Å²) in [5.74, 6) is -1.14. The normalized spacial score (nSPS) is 23.9. The van der Waals surface area contributed by atoms with Gasteiger partial charge >= 0.3 is 5.43 Å². The van der Waals surface area contributed by atoms with Gasteiger partial charge in [0.05, 0.1) is 0 Å². The number of carbonyl (C=O) groups is 1. The van der Waals surface area contributed by atoms with Crippen LogP contribution >= 0.6 is 11.6 Å². The lowest BCUT2D eigenvalue weighted by Gasteiger charge is -2.37. The minimum atomic E-state index is -1.30. The second kappa shape index (κ2) is 4.92. The van der Waals surface area contributed by atoms with Gasteiger partial charge < -0.3 is 9.84 Å². The van der Waals surface area contributed by atoms with E-state index >= 15 is 0 Å². The van der Waals surface area contributed by atoms with Crippen LogP contribution in [0.4, 0.5) is 4.79 Å². The molecule has 16 heavy (non-hydrogen) atoms. The molecule has 0 amide bonds. The van der Waals surface area contributed by atoms with Crippen LogP contribution in [0.25, 0.3) is 0 Å². The van der Waals surface area contributed by atoms with Gasteiger partial charge in [0, 0.05) is 23.4 Å². The van der Waals surface area contributed by atoms with E-state index < -0.39 is 11.2 Å². The number of rotatable bonds is 3. The molecule has 3 nitrogen and oxygen atoms in total. The van der Waals surface area contributed by atoms with Gasteiger partial charge in [-0.3, -0.25) is 0 Å². The van der Waals surface area contributed by atoms with E-state index in [1.807, 2.05) is 0 Å². The molecule has 0 unspecified atom stereocenters. The highest BCUT2D eigenvalue weighted by atomic mass is 35.5. The van der Waals surface area contributed by atoms with Crippen molar-refractivity contribution in [2.24, 2.45) is 11.8 Å². The van der Waals surface area contributed by atoms with Crippen molar-refractivity contribution in [1.82, 2.24) is 0 Å². The molecule has 4 heteroatoms. The molecule has 0 radical (unpaired) electrons. The van der Waals surface area contributed by atoms with Gasteiger partial charge in [-0.1, -0.05) is 25.7 Å². The van der Waals surface area contributed by atoms with E-state index in [1.54, 1.807) is 0 Å². The largest absolute Gasteiger partial charge is 0.421 e. The zero-order chi connectivity index (χ0) is 11.6. The monoisotopic (exact) mass is 246 g/mol. The molecule has 2 aliphatic rings. The van der Waals surface area contributed by atoms with E-state index in [0.717, 1.165) is 51.4 Å². The minimum Gasteiger partial charge on any atom is -0.421 e. The van der Waals surface area contributed by atoms with Crippen LogP contribution in [0, 0.1) is 11.8 Å². The molecule has 2 saturated carbocycles. The predicted molar refractivity (Wildman–Crippen MR) is 61.2 cm³/mol. The van der Waals surface area contributed by atoms with Crippen molar-refractivity contribution in [3.63, 3.8) is 0 Å².